The van der Waals surface area contributed by atoms with Crippen molar-refractivity contribution in [3.63, 3.8) is 0 Å². The number of benzene rings is 2. The molecular weight excluding hydrogens is 283 g/mol. The largest absolute Gasteiger partial charge is 0.451 e. The Bertz CT molecular complexity index is 606. The third-order valence-corrected chi connectivity index (χ3v) is 3.49. The number of carbonyl (C=O) groups excluding carboxylic acids is 2. The molecule has 2 rings (SSSR count). The van der Waals surface area contributed by atoms with Gasteiger partial charge in [-0.25, -0.2) is 0 Å². The van der Waals surface area contributed by atoms with E-state index in [0.29, 0.717) is 12.8 Å². The Labute approximate surface area is 126 Å². The molecule has 0 amide bonds. The van der Waals surface area contributed by atoms with Crippen molar-refractivity contribution < 1.29 is 14.1 Å². The van der Waals surface area contributed by atoms with E-state index in [2.05, 4.69) is 16.7 Å². The lowest BCUT2D eigenvalue weighted by molar-refractivity contribution is -0.137. The average Bonchev–Trinajstić information content (AvgIpc) is 2.54. The fourth-order valence-electron chi connectivity index (χ4n) is 2.07. The van der Waals surface area contributed by atoms with Crippen LogP contribution in [0.1, 0.15) is 18.4 Å². The number of Topliss-reactive ketones (excluding diaryl/α,β-unsaturated/α-hetero) is 1. The fourth-order valence-corrected chi connectivity index (χ4v) is 2.15. The van der Waals surface area contributed by atoms with Gasteiger partial charge in [0.25, 0.3) is 0 Å². The highest BCUT2D eigenvalue weighted by molar-refractivity contribution is 7.10. The molecule has 0 aliphatic rings. The van der Waals surface area contributed by atoms with E-state index in [1.165, 1.54) is 5.56 Å². The molecule has 0 heterocycles. The molecule has 3 nitrogen and oxygen atoms in total. The summed E-state index contributed by atoms with van der Waals surface area (Å²) in [7, 11) is 1.86. The van der Waals surface area contributed by atoms with Crippen LogP contribution in [0.4, 0.5) is 0 Å². The third-order valence-electron chi connectivity index (χ3n) is 3.23. The Balaban J connectivity index is 1.91. The molecule has 1 unspecified atom stereocenters. The van der Waals surface area contributed by atoms with Gasteiger partial charge in [-0.15, -0.1) is 0 Å². The maximum Gasteiger partial charge on any atom is 0.315 e. The molecule has 108 valence electrons. The van der Waals surface area contributed by atoms with Gasteiger partial charge in [0.05, 0.1) is 9.47 Å². The molecule has 21 heavy (non-hydrogen) atoms. The first-order chi connectivity index (χ1) is 10.2. The van der Waals surface area contributed by atoms with Crippen molar-refractivity contribution in [2.24, 2.45) is 0 Å². The first-order valence-electron chi connectivity index (χ1n) is 6.74. The quantitative estimate of drug-likeness (QED) is 0.605. The van der Waals surface area contributed by atoms with Gasteiger partial charge in [-0.2, -0.15) is 0 Å². The Morgan fingerprint density at radius 2 is 1.52 bits per heavy atom. The number of carbonyl (C=O) groups is 2. The summed E-state index contributed by atoms with van der Waals surface area (Å²) in [4.78, 5) is 22.5. The van der Waals surface area contributed by atoms with Crippen molar-refractivity contribution in [3.05, 3.63) is 60.2 Å². The van der Waals surface area contributed by atoms with Crippen molar-refractivity contribution in [1.82, 2.24) is 0 Å². The predicted molar refractivity (Wildman–Crippen MR) is 85.6 cm³/mol. The fraction of sp³-hybridized carbons (Fsp3) is 0.176. The van der Waals surface area contributed by atoms with Crippen LogP contribution in [0.5, 0.6) is 0 Å². The van der Waals surface area contributed by atoms with E-state index in [9.17, 15) is 9.59 Å². The number of hydrogen-bond acceptors (Lipinski definition) is 3. The zero-order valence-corrected chi connectivity index (χ0v) is 12.8. The summed E-state index contributed by atoms with van der Waals surface area (Å²) in [6.45, 7) is 0. The second-order valence-electron chi connectivity index (χ2n) is 4.77. The number of aryl methyl sites for hydroxylation is 1. The van der Waals surface area contributed by atoms with Gasteiger partial charge in [-0.1, -0.05) is 54.6 Å². The number of rotatable bonds is 6. The summed E-state index contributed by atoms with van der Waals surface area (Å²) in [5.74, 6) is -0.612. The molecule has 0 spiro atoms. The highest BCUT2D eigenvalue weighted by Crippen LogP contribution is 2.19. The molecule has 0 aliphatic heterocycles. The van der Waals surface area contributed by atoms with Crippen LogP contribution in [0.15, 0.2) is 54.6 Å². The molecule has 4 heteroatoms. The van der Waals surface area contributed by atoms with Crippen molar-refractivity contribution >= 4 is 21.2 Å². The van der Waals surface area contributed by atoms with Gasteiger partial charge in [0.2, 0.25) is 0 Å². The van der Waals surface area contributed by atoms with Crippen LogP contribution < -0.4 is 0 Å². The van der Waals surface area contributed by atoms with Crippen molar-refractivity contribution in [2.45, 2.75) is 19.3 Å². The van der Waals surface area contributed by atoms with Gasteiger partial charge in [0.1, 0.15) is 12.2 Å². The van der Waals surface area contributed by atoms with Gasteiger partial charge in [0.15, 0.2) is 0 Å². The maximum absolute atomic E-state index is 11.6. The average molecular weight is 300 g/mol. The molecule has 0 saturated heterocycles. The van der Waals surface area contributed by atoms with Crippen LogP contribution in [0.3, 0.4) is 0 Å². The lowest BCUT2D eigenvalue weighted by Crippen LogP contribution is -2.08. The van der Waals surface area contributed by atoms with E-state index < -0.39 is 5.97 Å². The Morgan fingerprint density at radius 1 is 0.905 bits per heavy atom. The third kappa shape index (κ3) is 4.80. The van der Waals surface area contributed by atoms with Crippen LogP contribution in [0, 0.1) is 0 Å². The minimum absolute atomic E-state index is 0.102. The van der Waals surface area contributed by atoms with Crippen molar-refractivity contribution in [3.8, 4) is 11.1 Å². The monoisotopic (exact) mass is 300 g/mol. The Morgan fingerprint density at radius 3 is 2.14 bits per heavy atom. The van der Waals surface area contributed by atoms with Crippen LogP contribution in [-0.2, 0) is 20.5 Å². The Kier molecular flexibility index (Phi) is 5.65. The van der Waals surface area contributed by atoms with Crippen molar-refractivity contribution in [1.29, 1.82) is 0 Å². The first-order valence-corrected chi connectivity index (χ1v) is 7.22. The molecule has 0 bridgehead atoms. The maximum atomic E-state index is 11.6. The molecule has 0 radical (unpaired) electrons. The molecule has 0 aromatic heterocycles. The predicted octanol–water partition coefficient (Wildman–Crippen LogP) is 3.58. The van der Waals surface area contributed by atoms with E-state index in [-0.39, 0.29) is 12.2 Å². The Hall–Kier alpha value is -1.99. The lowest BCUT2D eigenvalue weighted by atomic mass is 10.0. The summed E-state index contributed by atoms with van der Waals surface area (Å²) >= 11 is 0. The SMILES string of the molecule is O=C(CCc1ccc(-c2ccccc2)cc1)CC(=O)OP. The zero-order valence-electron chi connectivity index (χ0n) is 11.6. The number of ketones is 1. The summed E-state index contributed by atoms with van der Waals surface area (Å²) in [6.07, 6.45) is 0.827. The highest BCUT2D eigenvalue weighted by atomic mass is 31.0. The summed E-state index contributed by atoms with van der Waals surface area (Å²) in [5, 5.41) is 0. The highest BCUT2D eigenvalue weighted by Gasteiger charge is 2.09. The zero-order chi connectivity index (χ0) is 15.1. The van der Waals surface area contributed by atoms with Gasteiger partial charge in [0, 0.05) is 6.42 Å². The molecule has 0 aliphatic carbocycles. The summed E-state index contributed by atoms with van der Waals surface area (Å²) < 4.78 is 4.39. The van der Waals surface area contributed by atoms with Gasteiger partial charge >= 0.3 is 5.97 Å². The molecule has 0 fully saturated rings. The van der Waals surface area contributed by atoms with E-state index in [4.69, 9.17) is 0 Å². The molecule has 0 saturated carbocycles. The lowest BCUT2D eigenvalue weighted by Gasteiger charge is -2.04. The van der Waals surface area contributed by atoms with Gasteiger partial charge in [-0.05, 0) is 23.1 Å². The minimum Gasteiger partial charge on any atom is -0.451 e. The minimum atomic E-state index is -0.510. The molecule has 0 N–H and O–H groups in total. The molecule has 2 aromatic rings. The van der Waals surface area contributed by atoms with Gasteiger partial charge < -0.3 is 4.52 Å². The van der Waals surface area contributed by atoms with Crippen molar-refractivity contribution in [2.75, 3.05) is 0 Å². The molecule has 1 atom stereocenters. The summed E-state index contributed by atoms with van der Waals surface area (Å²) in [6, 6.07) is 18.3. The normalized spacial score (nSPS) is 10.1. The van der Waals surface area contributed by atoms with E-state index in [0.717, 1.165) is 11.1 Å². The first kappa shape index (κ1) is 15.4. The second-order valence-corrected chi connectivity index (χ2v) is 5.00. The topological polar surface area (TPSA) is 43.4 Å². The molecule has 2 aromatic carbocycles. The number of hydrogen-bond donors (Lipinski definition) is 0. The van der Waals surface area contributed by atoms with E-state index in [1.54, 1.807) is 0 Å². The van der Waals surface area contributed by atoms with Crippen LogP contribution in [0.2, 0.25) is 0 Å². The van der Waals surface area contributed by atoms with Crippen LogP contribution in [-0.4, -0.2) is 11.8 Å². The smallest absolute Gasteiger partial charge is 0.315 e. The van der Waals surface area contributed by atoms with Gasteiger partial charge in [-0.3, -0.25) is 9.59 Å². The standard InChI is InChI=1S/C17H17O3P/c18-16(12-17(19)20-21)11-8-13-6-9-15(10-7-13)14-4-2-1-3-5-14/h1-7,9-10H,8,11-12,21H2. The van der Waals surface area contributed by atoms with E-state index in [1.807, 2.05) is 51.9 Å². The molecular formula is C17H17O3P. The van der Waals surface area contributed by atoms with Crippen LogP contribution >= 0.6 is 9.47 Å². The van der Waals surface area contributed by atoms with E-state index >= 15 is 0 Å². The van der Waals surface area contributed by atoms with Crippen LogP contribution in [0.25, 0.3) is 11.1 Å². The summed E-state index contributed by atoms with van der Waals surface area (Å²) in [5.41, 5.74) is 3.41. The second kappa shape index (κ2) is 7.70.